The van der Waals surface area contributed by atoms with Crippen LogP contribution < -0.4 is 10.1 Å². The van der Waals surface area contributed by atoms with Gasteiger partial charge in [0.25, 0.3) is 5.91 Å². The third kappa shape index (κ3) is 5.71. The van der Waals surface area contributed by atoms with E-state index in [2.05, 4.69) is 10.3 Å². The molecule has 0 atom stereocenters. The highest BCUT2D eigenvalue weighted by molar-refractivity contribution is 7.14. The summed E-state index contributed by atoms with van der Waals surface area (Å²) in [7, 11) is 3.13. The van der Waals surface area contributed by atoms with Crippen molar-refractivity contribution in [1.82, 2.24) is 9.88 Å². The van der Waals surface area contributed by atoms with Gasteiger partial charge in [-0.05, 0) is 24.3 Å². The fourth-order valence-corrected chi connectivity index (χ4v) is 2.84. The normalized spacial score (nSPS) is 10.4. The van der Waals surface area contributed by atoms with E-state index >= 15 is 0 Å². The molecule has 1 aromatic carbocycles. The van der Waals surface area contributed by atoms with E-state index in [4.69, 9.17) is 14.6 Å². The van der Waals surface area contributed by atoms with Crippen LogP contribution in [0.4, 0.5) is 10.8 Å². The van der Waals surface area contributed by atoms with Crippen LogP contribution in [0.2, 0.25) is 0 Å². The van der Waals surface area contributed by atoms with E-state index in [0.29, 0.717) is 18.3 Å². The van der Waals surface area contributed by atoms with Crippen molar-refractivity contribution in [2.45, 2.75) is 6.42 Å². The van der Waals surface area contributed by atoms with Crippen molar-refractivity contribution < 1.29 is 24.2 Å². The molecule has 140 valence electrons. The number of rotatable bonds is 10. The quantitative estimate of drug-likeness (QED) is 0.654. The Balaban J connectivity index is 2.04. The molecule has 1 aromatic heterocycles. The van der Waals surface area contributed by atoms with Gasteiger partial charge in [-0.1, -0.05) is 0 Å². The summed E-state index contributed by atoms with van der Waals surface area (Å²) in [6.45, 7) is 0.740. The van der Waals surface area contributed by atoms with Crippen LogP contribution in [0, 0.1) is 0 Å². The Morgan fingerprint density at radius 2 is 1.96 bits per heavy atom. The van der Waals surface area contributed by atoms with E-state index in [1.165, 1.54) is 23.3 Å². The van der Waals surface area contributed by atoms with E-state index in [1.54, 1.807) is 12.5 Å². The molecule has 0 bridgehead atoms. The number of benzene rings is 1. The van der Waals surface area contributed by atoms with Crippen molar-refractivity contribution in [2.75, 3.05) is 39.2 Å². The molecule has 2 rings (SSSR count). The monoisotopic (exact) mass is 379 g/mol. The summed E-state index contributed by atoms with van der Waals surface area (Å²) in [6, 6.07) is 7.33. The lowest BCUT2D eigenvalue weighted by atomic mass is 10.3. The van der Waals surface area contributed by atoms with Crippen LogP contribution in [0.25, 0.3) is 0 Å². The Bertz CT molecular complexity index is 732. The maximum Gasteiger partial charge on any atom is 0.305 e. The lowest BCUT2D eigenvalue weighted by Gasteiger charge is -2.20. The number of carbonyl (C=O) groups is 2. The number of aliphatic carboxylic acids is 1. The average molecular weight is 379 g/mol. The molecule has 0 aliphatic rings. The van der Waals surface area contributed by atoms with Gasteiger partial charge in [0.1, 0.15) is 11.4 Å². The molecule has 0 fully saturated rings. The van der Waals surface area contributed by atoms with E-state index in [9.17, 15) is 9.59 Å². The minimum absolute atomic E-state index is 0.107. The maximum absolute atomic E-state index is 12.6. The second-order valence-corrected chi connectivity index (χ2v) is 6.18. The third-order valence-corrected chi connectivity index (χ3v) is 4.27. The molecule has 2 aromatic rings. The second kappa shape index (κ2) is 9.73. The molecule has 9 heteroatoms. The number of carboxylic acid groups (broad SMARTS) is 1. The van der Waals surface area contributed by atoms with Crippen LogP contribution in [-0.4, -0.2) is 60.8 Å². The number of nitrogens with one attached hydrogen (secondary N) is 1. The number of nitrogens with zero attached hydrogens (tertiary/aromatic N) is 2. The van der Waals surface area contributed by atoms with Gasteiger partial charge in [-0.15, -0.1) is 11.3 Å². The van der Waals surface area contributed by atoms with Crippen molar-refractivity contribution in [3.63, 3.8) is 0 Å². The Morgan fingerprint density at radius 1 is 1.23 bits per heavy atom. The average Bonchev–Trinajstić information content (AvgIpc) is 3.10. The van der Waals surface area contributed by atoms with Crippen LogP contribution in [0.5, 0.6) is 5.75 Å². The molecule has 0 spiro atoms. The third-order valence-electron chi connectivity index (χ3n) is 3.51. The highest BCUT2D eigenvalue weighted by atomic mass is 32.1. The number of thiazole rings is 1. The summed E-state index contributed by atoms with van der Waals surface area (Å²) in [6.07, 6.45) is -0.128. The largest absolute Gasteiger partial charge is 0.497 e. The molecule has 2 N–H and O–H groups in total. The Hall–Kier alpha value is -2.65. The highest BCUT2D eigenvalue weighted by Gasteiger charge is 2.19. The lowest BCUT2D eigenvalue weighted by molar-refractivity contribution is -0.137. The molecule has 0 aliphatic heterocycles. The SMILES string of the molecule is COCCN(CCC(=O)O)C(=O)c1csc(Nc2ccc(OC)cc2)n1. The van der Waals surface area contributed by atoms with E-state index in [-0.39, 0.29) is 24.6 Å². The van der Waals surface area contributed by atoms with Gasteiger partial charge in [0.15, 0.2) is 5.13 Å². The molecule has 0 saturated carbocycles. The summed E-state index contributed by atoms with van der Waals surface area (Å²) in [5.41, 5.74) is 1.09. The molecule has 8 nitrogen and oxygen atoms in total. The highest BCUT2D eigenvalue weighted by Crippen LogP contribution is 2.23. The zero-order valence-corrected chi connectivity index (χ0v) is 15.4. The summed E-state index contributed by atoms with van der Waals surface area (Å²) in [5.74, 6) is -0.527. The Labute approximate surface area is 155 Å². The van der Waals surface area contributed by atoms with Crippen LogP contribution in [0.15, 0.2) is 29.6 Å². The van der Waals surface area contributed by atoms with Gasteiger partial charge in [-0.25, -0.2) is 4.98 Å². The fraction of sp³-hybridized carbons (Fsp3) is 0.353. The van der Waals surface area contributed by atoms with Gasteiger partial charge in [-0.2, -0.15) is 0 Å². The number of ether oxygens (including phenoxy) is 2. The summed E-state index contributed by atoms with van der Waals surface area (Å²) in [4.78, 5) is 29.1. The second-order valence-electron chi connectivity index (χ2n) is 5.32. The fourth-order valence-electron chi connectivity index (χ4n) is 2.14. The lowest BCUT2D eigenvalue weighted by Crippen LogP contribution is -2.35. The van der Waals surface area contributed by atoms with E-state index in [0.717, 1.165) is 11.4 Å². The number of hydrogen-bond acceptors (Lipinski definition) is 7. The number of amides is 1. The molecule has 1 amide bonds. The van der Waals surface area contributed by atoms with Crippen molar-refractivity contribution >= 4 is 34.0 Å². The summed E-state index contributed by atoms with van der Waals surface area (Å²) >= 11 is 1.30. The molecular weight excluding hydrogens is 358 g/mol. The first kappa shape index (κ1) is 19.7. The minimum atomic E-state index is -0.958. The summed E-state index contributed by atoms with van der Waals surface area (Å²) in [5, 5.41) is 14.2. The first-order valence-electron chi connectivity index (χ1n) is 7.90. The zero-order valence-electron chi connectivity index (χ0n) is 14.6. The predicted molar refractivity (Wildman–Crippen MR) is 98.4 cm³/mol. The first-order chi connectivity index (χ1) is 12.5. The molecule has 1 heterocycles. The van der Waals surface area contributed by atoms with Gasteiger partial charge in [0, 0.05) is 31.3 Å². The van der Waals surface area contributed by atoms with Crippen LogP contribution in [0.1, 0.15) is 16.9 Å². The van der Waals surface area contributed by atoms with Gasteiger partial charge in [0.2, 0.25) is 0 Å². The summed E-state index contributed by atoms with van der Waals surface area (Å²) < 4.78 is 10.1. The number of anilines is 2. The van der Waals surface area contributed by atoms with E-state index < -0.39 is 5.97 Å². The molecule has 0 saturated heterocycles. The smallest absolute Gasteiger partial charge is 0.305 e. The molecule has 0 aliphatic carbocycles. The van der Waals surface area contributed by atoms with Gasteiger partial charge in [0.05, 0.1) is 20.1 Å². The number of hydrogen-bond donors (Lipinski definition) is 2. The molecular formula is C17H21N3O5S. The maximum atomic E-state index is 12.6. The van der Waals surface area contributed by atoms with Crippen molar-refractivity contribution in [3.8, 4) is 5.75 Å². The van der Waals surface area contributed by atoms with Crippen molar-refractivity contribution in [1.29, 1.82) is 0 Å². The Morgan fingerprint density at radius 3 is 2.58 bits per heavy atom. The molecule has 26 heavy (non-hydrogen) atoms. The number of aromatic nitrogens is 1. The van der Waals surface area contributed by atoms with Gasteiger partial charge >= 0.3 is 5.97 Å². The van der Waals surface area contributed by atoms with Crippen LogP contribution >= 0.6 is 11.3 Å². The molecule has 0 radical (unpaired) electrons. The number of carboxylic acids is 1. The number of methoxy groups -OCH3 is 2. The minimum Gasteiger partial charge on any atom is -0.497 e. The number of carbonyl (C=O) groups excluding carboxylic acids is 1. The van der Waals surface area contributed by atoms with Crippen molar-refractivity contribution in [2.24, 2.45) is 0 Å². The Kier molecular flexibility index (Phi) is 7.37. The molecule has 0 unspecified atom stereocenters. The van der Waals surface area contributed by atoms with Crippen molar-refractivity contribution in [3.05, 3.63) is 35.3 Å². The van der Waals surface area contributed by atoms with E-state index in [1.807, 2.05) is 24.3 Å². The standard InChI is InChI=1S/C17H21N3O5S/c1-24-10-9-20(8-7-15(21)22)16(23)14-11-26-17(19-14)18-12-3-5-13(25-2)6-4-12/h3-6,11H,7-10H2,1-2H3,(H,18,19)(H,21,22). The zero-order chi connectivity index (χ0) is 18.9. The topological polar surface area (TPSA) is 101 Å². The van der Waals surface area contributed by atoms with Crippen LogP contribution in [-0.2, 0) is 9.53 Å². The van der Waals surface area contributed by atoms with Gasteiger partial charge < -0.3 is 24.8 Å². The van der Waals surface area contributed by atoms with Crippen LogP contribution in [0.3, 0.4) is 0 Å². The predicted octanol–water partition coefficient (Wildman–Crippen LogP) is 2.46. The van der Waals surface area contributed by atoms with Gasteiger partial charge in [-0.3, -0.25) is 9.59 Å². The first-order valence-corrected chi connectivity index (χ1v) is 8.78.